The molecule has 7 nitrogen and oxygen atoms in total. The largest absolute Gasteiger partial charge is 0.495 e. The first kappa shape index (κ1) is 23.6. The summed E-state index contributed by atoms with van der Waals surface area (Å²) >= 11 is 0. The van der Waals surface area contributed by atoms with Crippen molar-refractivity contribution in [2.75, 3.05) is 12.4 Å². The average molecular weight is 429 g/mol. The second-order valence-corrected chi connectivity index (χ2v) is 13.3. The molecule has 2 rings (SSSR count). The molecule has 1 aromatic rings. The van der Waals surface area contributed by atoms with Crippen LogP contribution in [-0.4, -0.2) is 32.6 Å². The molecule has 0 bridgehead atoms. The molecule has 0 radical (unpaired) electrons. The van der Waals surface area contributed by atoms with Crippen LogP contribution in [0.5, 0.6) is 5.75 Å². The van der Waals surface area contributed by atoms with E-state index < -0.39 is 8.32 Å². The lowest BCUT2D eigenvalue weighted by atomic mass is 10.1. The van der Waals surface area contributed by atoms with Gasteiger partial charge < -0.3 is 14.5 Å². The van der Waals surface area contributed by atoms with Crippen molar-refractivity contribution in [2.45, 2.75) is 45.5 Å². The number of carbonyl (C=O) groups is 1. The molecule has 1 aliphatic heterocycles. The Bertz CT molecular complexity index is 898. The average Bonchev–Trinajstić information content (AvgIpc) is 2.68. The quantitative estimate of drug-likeness (QED) is 0.383. The monoisotopic (exact) mass is 428 g/mol. The standard InChI is InChI=1S/C22H32N4O3Si/c1-8-17(20-24-12-9-13-26(20)23)21(27)25-18-11-10-16(14-19(18)28-5)15-29-30(6,7)22(2,3)4/h8-14H,1,15,23H2,2-7H3,(H,25,27)/b20-17+. The van der Waals surface area contributed by atoms with E-state index in [0.717, 1.165) is 5.56 Å². The summed E-state index contributed by atoms with van der Waals surface area (Å²) in [5.41, 5.74) is 1.77. The van der Waals surface area contributed by atoms with Gasteiger partial charge in [-0.2, -0.15) is 0 Å². The molecule has 0 aliphatic carbocycles. The van der Waals surface area contributed by atoms with Gasteiger partial charge in [0.15, 0.2) is 14.1 Å². The number of hydrazine groups is 1. The van der Waals surface area contributed by atoms with Gasteiger partial charge in [0, 0.05) is 12.4 Å². The fourth-order valence-corrected chi connectivity index (χ4v) is 3.44. The zero-order valence-electron chi connectivity index (χ0n) is 18.7. The number of carbonyl (C=O) groups excluding carboxylic acids is 1. The predicted octanol–water partition coefficient (Wildman–Crippen LogP) is 4.33. The van der Waals surface area contributed by atoms with Gasteiger partial charge in [-0.15, -0.1) is 0 Å². The minimum Gasteiger partial charge on any atom is -0.495 e. The highest BCUT2D eigenvalue weighted by Crippen LogP contribution is 2.37. The Hall–Kier alpha value is -2.68. The Morgan fingerprint density at radius 1 is 1.37 bits per heavy atom. The van der Waals surface area contributed by atoms with Crippen molar-refractivity contribution in [3.05, 3.63) is 60.1 Å². The first-order chi connectivity index (χ1) is 14.0. The highest BCUT2D eigenvalue weighted by atomic mass is 28.4. The minimum atomic E-state index is -1.86. The molecule has 1 aliphatic rings. The molecular formula is C22H32N4O3Si. The molecule has 30 heavy (non-hydrogen) atoms. The summed E-state index contributed by atoms with van der Waals surface area (Å²) in [4.78, 5) is 17.0. The van der Waals surface area contributed by atoms with Crippen LogP contribution in [0, 0.1) is 0 Å². The van der Waals surface area contributed by atoms with Gasteiger partial charge in [0.25, 0.3) is 5.91 Å². The van der Waals surface area contributed by atoms with Gasteiger partial charge in [-0.3, -0.25) is 9.80 Å². The summed E-state index contributed by atoms with van der Waals surface area (Å²) in [5, 5.41) is 4.25. The summed E-state index contributed by atoms with van der Waals surface area (Å²) in [5.74, 6) is 6.35. The van der Waals surface area contributed by atoms with Crippen molar-refractivity contribution in [2.24, 2.45) is 10.8 Å². The lowest BCUT2D eigenvalue weighted by Gasteiger charge is -2.36. The second-order valence-electron chi connectivity index (χ2n) is 8.51. The lowest BCUT2D eigenvalue weighted by molar-refractivity contribution is -0.112. The molecule has 8 heteroatoms. The van der Waals surface area contributed by atoms with Gasteiger partial charge in [0.1, 0.15) is 5.75 Å². The molecule has 162 valence electrons. The Labute approximate surface area is 180 Å². The number of anilines is 1. The molecule has 0 aromatic heterocycles. The third kappa shape index (κ3) is 5.47. The van der Waals surface area contributed by atoms with Crippen molar-refractivity contribution in [3.63, 3.8) is 0 Å². The molecule has 1 amide bonds. The Morgan fingerprint density at radius 3 is 2.63 bits per heavy atom. The summed E-state index contributed by atoms with van der Waals surface area (Å²) < 4.78 is 11.8. The first-order valence-electron chi connectivity index (χ1n) is 9.74. The van der Waals surface area contributed by atoms with Crippen molar-refractivity contribution in [1.82, 2.24) is 5.01 Å². The van der Waals surface area contributed by atoms with Gasteiger partial charge in [0.05, 0.1) is 25.0 Å². The number of ether oxygens (including phenoxy) is 1. The summed E-state index contributed by atoms with van der Waals surface area (Å²) in [6.07, 6.45) is 6.27. The molecule has 0 saturated carbocycles. The molecular weight excluding hydrogens is 396 g/mol. The van der Waals surface area contributed by atoms with E-state index in [9.17, 15) is 4.79 Å². The van der Waals surface area contributed by atoms with Crippen molar-refractivity contribution in [1.29, 1.82) is 0 Å². The molecule has 0 unspecified atom stereocenters. The van der Waals surface area contributed by atoms with Gasteiger partial charge in [-0.1, -0.05) is 39.5 Å². The highest BCUT2D eigenvalue weighted by Gasteiger charge is 2.37. The number of methoxy groups -OCH3 is 1. The Balaban J connectivity index is 2.20. The SMILES string of the molecule is C=C/C(C(=O)Nc1ccc(CO[Si](C)(C)C(C)(C)C)cc1OC)=C1/N=CC=CN1N. The van der Waals surface area contributed by atoms with Crippen LogP contribution in [0.15, 0.2) is 59.5 Å². The van der Waals surface area contributed by atoms with Crippen LogP contribution in [0.2, 0.25) is 18.1 Å². The van der Waals surface area contributed by atoms with E-state index in [1.807, 2.05) is 12.1 Å². The van der Waals surface area contributed by atoms with E-state index in [-0.39, 0.29) is 16.5 Å². The number of hydrogen-bond acceptors (Lipinski definition) is 6. The van der Waals surface area contributed by atoms with Crippen molar-refractivity contribution in [3.8, 4) is 5.75 Å². The Kier molecular flexibility index (Phi) is 7.41. The maximum absolute atomic E-state index is 12.8. The topological polar surface area (TPSA) is 89.2 Å². The molecule has 0 atom stereocenters. The predicted molar refractivity (Wildman–Crippen MR) is 124 cm³/mol. The van der Waals surface area contributed by atoms with Crippen LogP contribution in [0.4, 0.5) is 5.69 Å². The van der Waals surface area contributed by atoms with Crippen LogP contribution in [0.1, 0.15) is 26.3 Å². The van der Waals surface area contributed by atoms with Crippen LogP contribution < -0.4 is 15.9 Å². The molecule has 1 heterocycles. The summed E-state index contributed by atoms with van der Waals surface area (Å²) in [6, 6.07) is 5.60. The number of nitrogens with one attached hydrogen (secondary N) is 1. The molecule has 3 N–H and O–H groups in total. The fourth-order valence-electron chi connectivity index (χ4n) is 2.47. The maximum Gasteiger partial charge on any atom is 0.259 e. The van der Waals surface area contributed by atoms with Crippen molar-refractivity contribution >= 4 is 26.1 Å². The summed E-state index contributed by atoms with van der Waals surface area (Å²) in [6.45, 7) is 15.3. The van der Waals surface area contributed by atoms with Crippen molar-refractivity contribution < 1.29 is 14.0 Å². The molecule has 1 aromatic carbocycles. The normalized spacial score (nSPS) is 15.8. The minimum absolute atomic E-state index is 0.132. The maximum atomic E-state index is 12.8. The fraction of sp³-hybridized carbons (Fsp3) is 0.364. The van der Waals surface area contributed by atoms with Crippen LogP contribution in [0.3, 0.4) is 0 Å². The van der Waals surface area contributed by atoms with E-state index in [4.69, 9.17) is 15.0 Å². The number of nitrogens with two attached hydrogens (primary N) is 1. The zero-order valence-corrected chi connectivity index (χ0v) is 19.7. The van der Waals surface area contributed by atoms with E-state index in [2.05, 4.69) is 50.8 Å². The third-order valence-corrected chi connectivity index (χ3v) is 9.86. The number of benzene rings is 1. The van der Waals surface area contributed by atoms with Crippen LogP contribution in [0.25, 0.3) is 0 Å². The van der Waals surface area contributed by atoms with E-state index >= 15 is 0 Å². The summed E-state index contributed by atoms with van der Waals surface area (Å²) in [7, 11) is -0.300. The number of nitrogens with zero attached hydrogens (tertiary/aromatic N) is 2. The van der Waals surface area contributed by atoms with Gasteiger partial charge >= 0.3 is 0 Å². The van der Waals surface area contributed by atoms with Gasteiger partial charge in [0.2, 0.25) is 0 Å². The van der Waals surface area contributed by atoms with Crippen LogP contribution >= 0.6 is 0 Å². The van der Waals surface area contributed by atoms with Crippen LogP contribution in [-0.2, 0) is 15.8 Å². The van der Waals surface area contributed by atoms with Gasteiger partial charge in [-0.25, -0.2) is 10.8 Å². The number of allylic oxidation sites excluding steroid dienone is 1. The number of amides is 1. The van der Waals surface area contributed by atoms with Gasteiger partial charge in [-0.05, 0) is 41.9 Å². The smallest absolute Gasteiger partial charge is 0.259 e. The number of aliphatic imine (C=N–C) groups is 1. The molecule has 0 saturated heterocycles. The molecule has 0 fully saturated rings. The highest BCUT2D eigenvalue weighted by molar-refractivity contribution is 6.74. The second kappa shape index (κ2) is 9.42. The Morgan fingerprint density at radius 2 is 2.07 bits per heavy atom. The molecule has 0 spiro atoms. The first-order valence-corrected chi connectivity index (χ1v) is 12.6. The number of rotatable bonds is 7. The zero-order chi connectivity index (χ0) is 22.5. The van der Waals surface area contributed by atoms with E-state index in [1.54, 1.807) is 31.7 Å². The number of hydrogen-bond donors (Lipinski definition) is 2. The van der Waals surface area contributed by atoms with E-state index in [1.165, 1.54) is 11.1 Å². The lowest BCUT2D eigenvalue weighted by Crippen LogP contribution is -2.40. The third-order valence-electron chi connectivity index (χ3n) is 5.38. The van der Waals surface area contributed by atoms with E-state index in [0.29, 0.717) is 23.9 Å².